The van der Waals surface area contributed by atoms with Gasteiger partial charge in [0.15, 0.2) is 0 Å². The summed E-state index contributed by atoms with van der Waals surface area (Å²) in [6.07, 6.45) is 7.59. The van der Waals surface area contributed by atoms with Gasteiger partial charge in [0.2, 0.25) is 0 Å². The van der Waals surface area contributed by atoms with Gasteiger partial charge in [0, 0.05) is 0 Å². The van der Waals surface area contributed by atoms with Crippen molar-refractivity contribution in [1.29, 1.82) is 0 Å². The van der Waals surface area contributed by atoms with Gasteiger partial charge < -0.3 is 0 Å². The van der Waals surface area contributed by atoms with Crippen LogP contribution in [0.15, 0.2) is 36.4 Å². The first-order chi connectivity index (χ1) is 8.93. The predicted molar refractivity (Wildman–Crippen MR) is 86.7 cm³/mol. The Balaban J connectivity index is 2.85. The molecule has 104 valence electrons. The Labute approximate surface area is 119 Å². The van der Waals surface area contributed by atoms with Crippen molar-refractivity contribution in [2.75, 3.05) is 0 Å². The summed E-state index contributed by atoms with van der Waals surface area (Å²) in [5.74, 6) is 0.744. The molecule has 1 aromatic carbocycles. The van der Waals surface area contributed by atoms with Gasteiger partial charge >= 0.3 is 0 Å². The molecule has 0 bridgehead atoms. The van der Waals surface area contributed by atoms with Gasteiger partial charge in [-0.25, -0.2) is 0 Å². The van der Waals surface area contributed by atoms with Crippen LogP contribution in [0.4, 0.5) is 0 Å². The zero-order valence-electron chi connectivity index (χ0n) is 13.2. The van der Waals surface area contributed by atoms with Crippen molar-refractivity contribution >= 4 is 0 Å². The van der Waals surface area contributed by atoms with Crippen molar-refractivity contribution < 1.29 is 0 Å². The highest BCUT2D eigenvalue weighted by atomic mass is 14.1. The number of hydrogen-bond donors (Lipinski definition) is 0. The second-order valence-electron chi connectivity index (χ2n) is 6.05. The molecule has 0 saturated carbocycles. The SMILES string of the molecule is C=CCc1cc(C)c(C/C=C(\C)CC(C)C)cc1C. The van der Waals surface area contributed by atoms with Gasteiger partial charge in [-0.15, -0.1) is 6.58 Å². The third-order valence-corrected chi connectivity index (χ3v) is 3.56. The van der Waals surface area contributed by atoms with Crippen molar-refractivity contribution in [3.8, 4) is 0 Å². The number of allylic oxidation sites excluding steroid dienone is 3. The minimum Gasteiger partial charge on any atom is -0.103 e. The Bertz CT molecular complexity index is 461. The summed E-state index contributed by atoms with van der Waals surface area (Å²) in [7, 11) is 0. The van der Waals surface area contributed by atoms with Crippen molar-refractivity contribution in [2.45, 2.75) is 53.9 Å². The number of aryl methyl sites for hydroxylation is 2. The van der Waals surface area contributed by atoms with Crippen molar-refractivity contribution in [3.63, 3.8) is 0 Å². The van der Waals surface area contributed by atoms with E-state index in [0.29, 0.717) is 0 Å². The Morgan fingerprint density at radius 3 is 2.11 bits per heavy atom. The second kappa shape index (κ2) is 7.33. The zero-order valence-corrected chi connectivity index (χ0v) is 13.2. The van der Waals surface area contributed by atoms with Crippen LogP contribution >= 0.6 is 0 Å². The molecule has 0 radical (unpaired) electrons. The van der Waals surface area contributed by atoms with Gasteiger partial charge in [0.25, 0.3) is 0 Å². The first-order valence-electron chi connectivity index (χ1n) is 7.29. The van der Waals surface area contributed by atoms with Gasteiger partial charge in [0.05, 0.1) is 0 Å². The van der Waals surface area contributed by atoms with Crippen LogP contribution in [0.25, 0.3) is 0 Å². The summed E-state index contributed by atoms with van der Waals surface area (Å²) in [6.45, 7) is 15.0. The normalized spacial score (nSPS) is 12.0. The highest BCUT2D eigenvalue weighted by molar-refractivity contribution is 5.39. The highest BCUT2D eigenvalue weighted by Gasteiger charge is 2.03. The van der Waals surface area contributed by atoms with E-state index < -0.39 is 0 Å². The van der Waals surface area contributed by atoms with E-state index in [9.17, 15) is 0 Å². The quantitative estimate of drug-likeness (QED) is 0.584. The smallest absolute Gasteiger partial charge is 0.00921 e. The van der Waals surface area contributed by atoms with Crippen LogP contribution in [0.2, 0.25) is 0 Å². The predicted octanol–water partition coefficient (Wildman–Crippen LogP) is 5.57. The van der Waals surface area contributed by atoms with E-state index in [0.717, 1.165) is 18.8 Å². The van der Waals surface area contributed by atoms with E-state index >= 15 is 0 Å². The van der Waals surface area contributed by atoms with Crippen LogP contribution < -0.4 is 0 Å². The molecule has 0 aliphatic heterocycles. The Kier molecular flexibility index (Phi) is 6.08. The molecular formula is C19H28. The van der Waals surface area contributed by atoms with E-state index in [1.165, 1.54) is 34.2 Å². The molecule has 0 aliphatic carbocycles. The molecular weight excluding hydrogens is 228 g/mol. The van der Waals surface area contributed by atoms with Gasteiger partial charge in [-0.05, 0) is 68.2 Å². The van der Waals surface area contributed by atoms with E-state index in [4.69, 9.17) is 0 Å². The number of rotatable bonds is 6. The average molecular weight is 256 g/mol. The lowest BCUT2D eigenvalue weighted by molar-refractivity contribution is 0.641. The second-order valence-corrected chi connectivity index (χ2v) is 6.05. The molecule has 1 aromatic rings. The highest BCUT2D eigenvalue weighted by Crippen LogP contribution is 2.19. The molecule has 0 amide bonds. The molecule has 0 saturated heterocycles. The van der Waals surface area contributed by atoms with Crippen molar-refractivity contribution in [1.82, 2.24) is 0 Å². The van der Waals surface area contributed by atoms with E-state index in [1.54, 1.807) is 0 Å². The molecule has 0 heteroatoms. The number of hydrogen-bond acceptors (Lipinski definition) is 0. The van der Waals surface area contributed by atoms with Crippen LogP contribution in [0.5, 0.6) is 0 Å². The minimum absolute atomic E-state index is 0.744. The fraction of sp³-hybridized carbons (Fsp3) is 0.474. The van der Waals surface area contributed by atoms with Gasteiger partial charge in [-0.2, -0.15) is 0 Å². The van der Waals surface area contributed by atoms with Gasteiger partial charge in [-0.1, -0.05) is 43.7 Å². The summed E-state index contributed by atoms with van der Waals surface area (Å²) < 4.78 is 0. The van der Waals surface area contributed by atoms with Crippen LogP contribution in [-0.4, -0.2) is 0 Å². The van der Waals surface area contributed by atoms with Gasteiger partial charge in [-0.3, -0.25) is 0 Å². The van der Waals surface area contributed by atoms with Crippen LogP contribution in [-0.2, 0) is 12.8 Å². The average Bonchev–Trinajstić information content (AvgIpc) is 2.31. The van der Waals surface area contributed by atoms with Crippen molar-refractivity contribution in [2.24, 2.45) is 5.92 Å². The summed E-state index contributed by atoms with van der Waals surface area (Å²) >= 11 is 0. The molecule has 19 heavy (non-hydrogen) atoms. The fourth-order valence-corrected chi connectivity index (χ4v) is 2.54. The third kappa shape index (κ3) is 5.06. The molecule has 0 nitrogen and oxygen atoms in total. The van der Waals surface area contributed by atoms with Crippen LogP contribution in [0.1, 0.15) is 49.4 Å². The first kappa shape index (κ1) is 15.8. The largest absolute Gasteiger partial charge is 0.103 e. The van der Waals surface area contributed by atoms with Crippen LogP contribution in [0.3, 0.4) is 0 Å². The summed E-state index contributed by atoms with van der Waals surface area (Å²) in [5, 5.41) is 0. The molecule has 0 atom stereocenters. The van der Waals surface area contributed by atoms with E-state index in [-0.39, 0.29) is 0 Å². The molecule has 0 unspecified atom stereocenters. The third-order valence-electron chi connectivity index (χ3n) is 3.56. The molecule has 0 heterocycles. The maximum atomic E-state index is 3.83. The Morgan fingerprint density at radius 2 is 1.63 bits per heavy atom. The molecule has 0 spiro atoms. The van der Waals surface area contributed by atoms with E-state index in [2.05, 4.69) is 59.4 Å². The van der Waals surface area contributed by atoms with E-state index in [1.807, 2.05) is 6.08 Å². The lowest BCUT2D eigenvalue weighted by Crippen LogP contribution is -1.96. The maximum absolute atomic E-state index is 3.83. The first-order valence-corrected chi connectivity index (χ1v) is 7.29. The Hall–Kier alpha value is -1.30. The lowest BCUT2D eigenvalue weighted by atomic mass is 9.95. The summed E-state index contributed by atoms with van der Waals surface area (Å²) in [5.41, 5.74) is 7.14. The Morgan fingerprint density at radius 1 is 1.11 bits per heavy atom. The van der Waals surface area contributed by atoms with Crippen molar-refractivity contribution in [3.05, 3.63) is 58.7 Å². The fourth-order valence-electron chi connectivity index (χ4n) is 2.54. The van der Waals surface area contributed by atoms with Crippen LogP contribution in [0, 0.1) is 19.8 Å². The minimum atomic E-state index is 0.744. The molecule has 0 fully saturated rings. The maximum Gasteiger partial charge on any atom is -0.00921 e. The monoisotopic (exact) mass is 256 g/mol. The molecule has 1 rings (SSSR count). The number of benzene rings is 1. The lowest BCUT2D eigenvalue weighted by Gasteiger charge is -2.11. The summed E-state index contributed by atoms with van der Waals surface area (Å²) in [4.78, 5) is 0. The van der Waals surface area contributed by atoms with Gasteiger partial charge in [0.1, 0.15) is 0 Å². The topological polar surface area (TPSA) is 0 Å². The summed E-state index contributed by atoms with van der Waals surface area (Å²) in [6, 6.07) is 4.66. The molecule has 0 N–H and O–H groups in total. The molecule has 0 aliphatic rings. The molecule has 0 aromatic heterocycles. The standard InChI is InChI=1S/C19H28/c1-7-8-18-12-17(6)19(13-16(18)5)10-9-15(4)11-14(2)3/h7,9,12-14H,1,8,10-11H2,2-6H3/b15-9+. The zero-order chi connectivity index (χ0) is 14.4.